The van der Waals surface area contributed by atoms with Crippen molar-refractivity contribution in [1.82, 2.24) is 10.3 Å². The lowest BCUT2D eigenvalue weighted by Crippen LogP contribution is -2.16. The van der Waals surface area contributed by atoms with Crippen LogP contribution < -0.4 is 5.32 Å². The molecular formula is C9H16N2OS. The van der Waals surface area contributed by atoms with Gasteiger partial charge in [-0.15, -0.1) is 0 Å². The van der Waals surface area contributed by atoms with E-state index in [4.69, 9.17) is 4.42 Å². The molecule has 3 nitrogen and oxygen atoms in total. The average Bonchev–Trinajstić information content (AvgIpc) is 2.41. The largest absolute Gasteiger partial charge is 0.444 e. The van der Waals surface area contributed by atoms with Crippen molar-refractivity contribution in [1.29, 1.82) is 0 Å². The highest BCUT2D eigenvalue weighted by atomic mass is 32.2. The number of rotatable bonds is 5. The van der Waals surface area contributed by atoms with Gasteiger partial charge in [0.2, 0.25) is 5.89 Å². The van der Waals surface area contributed by atoms with Gasteiger partial charge >= 0.3 is 0 Å². The van der Waals surface area contributed by atoms with E-state index >= 15 is 0 Å². The lowest BCUT2D eigenvalue weighted by molar-refractivity contribution is 0.453. The summed E-state index contributed by atoms with van der Waals surface area (Å²) in [6.07, 6.45) is 2.10. The molecule has 13 heavy (non-hydrogen) atoms. The second kappa shape index (κ2) is 5.29. The van der Waals surface area contributed by atoms with E-state index in [-0.39, 0.29) is 0 Å². The molecule has 1 aromatic heterocycles. The summed E-state index contributed by atoms with van der Waals surface area (Å²) in [7, 11) is 0. The first-order chi connectivity index (χ1) is 6.24. The molecule has 0 aliphatic heterocycles. The molecule has 0 bridgehead atoms. The molecule has 74 valence electrons. The third-order valence-electron chi connectivity index (χ3n) is 1.83. The van der Waals surface area contributed by atoms with Crippen LogP contribution >= 0.6 is 11.8 Å². The topological polar surface area (TPSA) is 38.1 Å². The minimum Gasteiger partial charge on any atom is -0.444 e. The number of nitrogens with zero attached hydrogens (tertiary/aromatic N) is 1. The van der Waals surface area contributed by atoms with Crippen molar-refractivity contribution in [3.63, 3.8) is 0 Å². The first kappa shape index (κ1) is 10.6. The molecule has 1 heterocycles. The van der Waals surface area contributed by atoms with Gasteiger partial charge in [0.05, 0.1) is 12.2 Å². The van der Waals surface area contributed by atoms with Gasteiger partial charge < -0.3 is 9.73 Å². The van der Waals surface area contributed by atoms with Gasteiger partial charge in [-0.25, -0.2) is 4.98 Å². The molecule has 0 atom stereocenters. The van der Waals surface area contributed by atoms with Crippen molar-refractivity contribution < 1.29 is 4.42 Å². The van der Waals surface area contributed by atoms with E-state index in [9.17, 15) is 0 Å². The Labute approximate surface area is 83.3 Å². The maximum atomic E-state index is 5.41. The normalized spacial score (nSPS) is 10.7. The molecule has 0 aliphatic carbocycles. The zero-order valence-electron chi connectivity index (χ0n) is 8.39. The molecule has 0 fully saturated rings. The van der Waals surface area contributed by atoms with Crippen molar-refractivity contribution in [2.24, 2.45) is 0 Å². The minimum absolute atomic E-state index is 0.731. The van der Waals surface area contributed by atoms with Crippen LogP contribution in [0.5, 0.6) is 0 Å². The van der Waals surface area contributed by atoms with E-state index < -0.39 is 0 Å². The van der Waals surface area contributed by atoms with Crippen LogP contribution in [0.3, 0.4) is 0 Å². The summed E-state index contributed by atoms with van der Waals surface area (Å²) in [6, 6.07) is 0. The second-order valence-corrected chi connectivity index (χ2v) is 3.90. The third kappa shape index (κ3) is 3.40. The summed E-state index contributed by atoms with van der Waals surface area (Å²) in [5.74, 6) is 2.83. The van der Waals surface area contributed by atoms with Crippen LogP contribution in [0.4, 0.5) is 0 Å². The molecule has 0 unspecified atom stereocenters. The van der Waals surface area contributed by atoms with Gasteiger partial charge in [-0.1, -0.05) is 0 Å². The number of hydrogen-bond acceptors (Lipinski definition) is 4. The number of oxazole rings is 1. The number of nitrogens with one attached hydrogen (secondary N) is 1. The Morgan fingerprint density at radius 3 is 2.77 bits per heavy atom. The van der Waals surface area contributed by atoms with E-state index in [1.54, 1.807) is 0 Å². The van der Waals surface area contributed by atoms with Gasteiger partial charge in [0, 0.05) is 12.3 Å². The lowest BCUT2D eigenvalue weighted by Gasteiger charge is -1.98. The molecule has 1 aromatic rings. The van der Waals surface area contributed by atoms with Gasteiger partial charge in [-0.2, -0.15) is 11.8 Å². The molecule has 1 rings (SSSR count). The Morgan fingerprint density at radius 1 is 1.46 bits per heavy atom. The Kier molecular flexibility index (Phi) is 4.32. The fourth-order valence-corrected chi connectivity index (χ4v) is 1.33. The number of aromatic nitrogens is 1. The molecule has 0 spiro atoms. The number of aryl methyl sites for hydroxylation is 2. The van der Waals surface area contributed by atoms with Crippen LogP contribution in [-0.4, -0.2) is 23.5 Å². The maximum Gasteiger partial charge on any atom is 0.208 e. The van der Waals surface area contributed by atoms with E-state index in [1.807, 2.05) is 25.6 Å². The predicted octanol–water partition coefficient (Wildman–Crippen LogP) is 1.74. The highest BCUT2D eigenvalue weighted by Gasteiger charge is 2.03. The average molecular weight is 200 g/mol. The van der Waals surface area contributed by atoms with Gasteiger partial charge in [0.1, 0.15) is 5.76 Å². The monoisotopic (exact) mass is 200 g/mol. The van der Waals surface area contributed by atoms with Crippen LogP contribution in [0, 0.1) is 13.8 Å². The van der Waals surface area contributed by atoms with Crippen molar-refractivity contribution in [2.75, 3.05) is 18.6 Å². The fraction of sp³-hybridized carbons (Fsp3) is 0.667. The Bertz CT molecular complexity index is 241. The van der Waals surface area contributed by atoms with E-state index in [0.29, 0.717) is 0 Å². The highest BCUT2D eigenvalue weighted by molar-refractivity contribution is 7.98. The van der Waals surface area contributed by atoms with Crippen molar-refractivity contribution in [3.8, 4) is 0 Å². The summed E-state index contributed by atoms with van der Waals surface area (Å²) in [5, 5.41) is 3.27. The van der Waals surface area contributed by atoms with Gasteiger partial charge in [0.25, 0.3) is 0 Å². The molecule has 4 heteroatoms. The SMILES string of the molecule is CSCCNCc1nc(C)c(C)o1. The second-order valence-electron chi connectivity index (χ2n) is 2.92. The molecular weight excluding hydrogens is 184 g/mol. The summed E-state index contributed by atoms with van der Waals surface area (Å²) < 4.78 is 5.41. The zero-order chi connectivity index (χ0) is 9.68. The summed E-state index contributed by atoms with van der Waals surface area (Å²) in [5.41, 5.74) is 0.988. The van der Waals surface area contributed by atoms with E-state index in [1.165, 1.54) is 0 Å². The maximum absolute atomic E-state index is 5.41. The highest BCUT2D eigenvalue weighted by Crippen LogP contribution is 2.07. The Balaban J connectivity index is 2.29. The lowest BCUT2D eigenvalue weighted by atomic mass is 10.4. The first-order valence-electron chi connectivity index (χ1n) is 4.36. The van der Waals surface area contributed by atoms with Crippen molar-refractivity contribution >= 4 is 11.8 Å². The van der Waals surface area contributed by atoms with E-state index in [0.717, 1.165) is 36.2 Å². The van der Waals surface area contributed by atoms with Crippen LogP contribution in [0.1, 0.15) is 17.3 Å². The van der Waals surface area contributed by atoms with Crippen LogP contribution in [0.25, 0.3) is 0 Å². The van der Waals surface area contributed by atoms with Crippen molar-refractivity contribution in [3.05, 3.63) is 17.3 Å². The predicted molar refractivity (Wildman–Crippen MR) is 56.1 cm³/mol. The molecule has 0 saturated heterocycles. The van der Waals surface area contributed by atoms with Gasteiger partial charge in [-0.3, -0.25) is 0 Å². The minimum atomic E-state index is 0.731. The quantitative estimate of drug-likeness (QED) is 0.735. The van der Waals surface area contributed by atoms with Gasteiger partial charge in [0.15, 0.2) is 0 Å². The van der Waals surface area contributed by atoms with Gasteiger partial charge in [-0.05, 0) is 20.1 Å². The zero-order valence-corrected chi connectivity index (χ0v) is 9.20. The van der Waals surface area contributed by atoms with E-state index in [2.05, 4.69) is 16.6 Å². The molecule has 0 aliphatic rings. The first-order valence-corrected chi connectivity index (χ1v) is 5.76. The summed E-state index contributed by atoms with van der Waals surface area (Å²) >= 11 is 1.83. The van der Waals surface area contributed by atoms with Crippen LogP contribution in [0.15, 0.2) is 4.42 Å². The molecule has 0 radical (unpaired) electrons. The molecule has 0 aromatic carbocycles. The fourth-order valence-electron chi connectivity index (χ4n) is 0.984. The Hall–Kier alpha value is -0.480. The smallest absolute Gasteiger partial charge is 0.208 e. The Morgan fingerprint density at radius 2 is 2.23 bits per heavy atom. The summed E-state index contributed by atoms with van der Waals surface area (Å²) in [4.78, 5) is 4.27. The summed E-state index contributed by atoms with van der Waals surface area (Å²) in [6.45, 7) is 5.63. The molecule has 0 amide bonds. The number of thioether (sulfide) groups is 1. The molecule has 0 saturated carbocycles. The standard InChI is InChI=1S/C9H16N2OS/c1-7-8(2)12-9(11-7)6-10-4-5-13-3/h10H,4-6H2,1-3H3. The van der Waals surface area contributed by atoms with Crippen LogP contribution in [0.2, 0.25) is 0 Å². The van der Waals surface area contributed by atoms with Crippen LogP contribution in [-0.2, 0) is 6.54 Å². The third-order valence-corrected chi connectivity index (χ3v) is 2.44. The molecule has 1 N–H and O–H groups in total. The number of hydrogen-bond donors (Lipinski definition) is 1. The van der Waals surface area contributed by atoms with Crippen molar-refractivity contribution in [2.45, 2.75) is 20.4 Å².